The SMILES string of the molecule is CCS(=O)(=O)CCNC(=O)c1ccccc1N.Cl. The molecule has 0 aliphatic rings. The van der Waals surface area contributed by atoms with E-state index in [2.05, 4.69) is 5.32 Å². The Hall–Kier alpha value is -1.27. The summed E-state index contributed by atoms with van der Waals surface area (Å²) in [6.07, 6.45) is 0. The minimum Gasteiger partial charge on any atom is -0.398 e. The lowest BCUT2D eigenvalue weighted by Crippen LogP contribution is -2.30. The quantitative estimate of drug-likeness (QED) is 0.788. The Morgan fingerprint density at radius 1 is 1.33 bits per heavy atom. The van der Waals surface area contributed by atoms with Gasteiger partial charge in [-0.05, 0) is 12.1 Å². The Kier molecular flexibility index (Phi) is 6.72. The monoisotopic (exact) mass is 292 g/mol. The number of halogens is 1. The lowest BCUT2D eigenvalue weighted by molar-refractivity contribution is 0.0957. The third kappa shape index (κ3) is 4.93. The van der Waals surface area contributed by atoms with Crippen molar-refractivity contribution in [3.05, 3.63) is 29.8 Å². The summed E-state index contributed by atoms with van der Waals surface area (Å²) in [5, 5.41) is 2.53. The first-order chi connectivity index (χ1) is 7.96. The lowest BCUT2D eigenvalue weighted by atomic mass is 10.2. The number of anilines is 1. The number of nitrogens with two attached hydrogens (primary N) is 1. The molecule has 0 bridgehead atoms. The number of hydrogen-bond donors (Lipinski definition) is 2. The maximum Gasteiger partial charge on any atom is 0.253 e. The fourth-order valence-electron chi connectivity index (χ4n) is 1.26. The van der Waals surface area contributed by atoms with Gasteiger partial charge in [-0.1, -0.05) is 19.1 Å². The highest BCUT2D eigenvalue weighted by molar-refractivity contribution is 7.91. The molecule has 3 N–H and O–H groups in total. The number of amides is 1. The molecule has 0 spiro atoms. The number of benzene rings is 1. The minimum absolute atomic E-state index is 0. The van der Waals surface area contributed by atoms with E-state index < -0.39 is 9.84 Å². The minimum atomic E-state index is -3.05. The van der Waals surface area contributed by atoms with Crippen LogP contribution in [0.4, 0.5) is 5.69 Å². The van der Waals surface area contributed by atoms with Gasteiger partial charge >= 0.3 is 0 Å². The topological polar surface area (TPSA) is 89.3 Å². The zero-order valence-corrected chi connectivity index (χ0v) is 11.7. The van der Waals surface area contributed by atoms with Crippen LogP contribution in [-0.4, -0.2) is 32.4 Å². The number of nitrogens with one attached hydrogen (secondary N) is 1. The van der Waals surface area contributed by atoms with Crippen molar-refractivity contribution in [1.29, 1.82) is 0 Å². The van der Waals surface area contributed by atoms with Gasteiger partial charge in [-0.25, -0.2) is 8.42 Å². The molecular weight excluding hydrogens is 276 g/mol. The molecule has 1 aromatic carbocycles. The summed E-state index contributed by atoms with van der Waals surface area (Å²) < 4.78 is 22.4. The van der Waals surface area contributed by atoms with Gasteiger partial charge < -0.3 is 11.1 Å². The largest absolute Gasteiger partial charge is 0.398 e. The standard InChI is InChI=1S/C11H16N2O3S.ClH/c1-2-17(15,16)8-7-13-11(14)9-5-3-4-6-10(9)12;/h3-6H,2,7-8,12H2,1H3,(H,13,14);1H. The van der Waals surface area contributed by atoms with E-state index in [1.165, 1.54) is 0 Å². The van der Waals surface area contributed by atoms with Crippen LogP contribution in [0.2, 0.25) is 0 Å². The molecule has 0 saturated carbocycles. The zero-order chi connectivity index (χ0) is 12.9. The number of hydrogen-bond acceptors (Lipinski definition) is 4. The predicted octanol–water partition coefficient (Wildman–Crippen LogP) is 0.855. The molecule has 0 fully saturated rings. The lowest BCUT2D eigenvalue weighted by Gasteiger charge is -2.07. The first-order valence-corrected chi connectivity index (χ1v) is 7.11. The smallest absolute Gasteiger partial charge is 0.253 e. The van der Waals surface area contributed by atoms with E-state index in [4.69, 9.17) is 5.73 Å². The molecule has 0 aliphatic heterocycles. The van der Waals surface area contributed by atoms with Crippen LogP contribution in [0.3, 0.4) is 0 Å². The molecule has 1 rings (SSSR count). The fourth-order valence-corrected chi connectivity index (χ4v) is 1.97. The summed E-state index contributed by atoms with van der Waals surface area (Å²) >= 11 is 0. The molecule has 1 amide bonds. The molecular formula is C11H17ClN2O3S. The van der Waals surface area contributed by atoms with Gasteiger partial charge in [-0.3, -0.25) is 4.79 Å². The van der Waals surface area contributed by atoms with Crippen molar-refractivity contribution in [3.8, 4) is 0 Å². The molecule has 0 aromatic heterocycles. The molecule has 18 heavy (non-hydrogen) atoms. The van der Waals surface area contributed by atoms with Crippen LogP contribution in [-0.2, 0) is 9.84 Å². The highest BCUT2D eigenvalue weighted by Gasteiger charge is 2.11. The second kappa shape index (κ2) is 7.23. The summed E-state index contributed by atoms with van der Waals surface area (Å²) in [5.41, 5.74) is 6.37. The first-order valence-electron chi connectivity index (χ1n) is 5.29. The van der Waals surface area contributed by atoms with Gasteiger partial charge in [-0.2, -0.15) is 0 Å². The maximum atomic E-state index is 11.7. The predicted molar refractivity (Wildman–Crippen MR) is 74.8 cm³/mol. The molecule has 0 saturated heterocycles. The van der Waals surface area contributed by atoms with Crippen molar-refractivity contribution in [2.75, 3.05) is 23.8 Å². The van der Waals surface area contributed by atoms with Crippen LogP contribution in [0.1, 0.15) is 17.3 Å². The Labute approximate surface area is 113 Å². The van der Waals surface area contributed by atoms with Crippen molar-refractivity contribution in [2.45, 2.75) is 6.92 Å². The Bertz CT molecular complexity index is 503. The van der Waals surface area contributed by atoms with Gasteiger partial charge in [0, 0.05) is 18.0 Å². The van der Waals surface area contributed by atoms with E-state index in [1.54, 1.807) is 31.2 Å². The van der Waals surface area contributed by atoms with Crippen LogP contribution >= 0.6 is 12.4 Å². The number of rotatable bonds is 5. The van der Waals surface area contributed by atoms with Gasteiger partial charge in [-0.15, -0.1) is 12.4 Å². The Morgan fingerprint density at radius 2 is 1.94 bits per heavy atom. The first kappa shape index (κ1) is 16.7. The van der Waals surface area contributed by atoms with Gasteiger partial charge in [0.2, 0.25) is 0 Å². The average molecular weight is 293 g/mol. The van der Waals surface area contributed by atoms with E-state index in [1.807, 2.05) is 0 Å². The van der Waals surface area contributed by atoms with E-state index >= 15 is 0 Å². The molecule has 0 aliphatic carbocycles. The van der Waals surface area contributed by atoms with Gasteiger partial charge in [0.15, 0.2) is 9.84 Å². The molecule has 0 radical (unpaired) electrons. The van der Waals surface area contributed by atoms with Crippen LogP contribution in [0, 0.1) is 0 Å². The van der Waals surface area contributed by atoms with Crippen molar-refractivity contribution in [1.82, 2.24) is 5.32 Å². The Morgan fingerprint density at radius 3 is 2.50 bits per heavy atom. The van der Waals surface area contributed by atoms with Crippen molar-refractivity contribution >= 4 is 33.8 Å². The summed E-state index contributed by atoms with van der Waals surface area (Å²) in [7, 11) is -3.05. The summed E-state index contributed by atoms with van der Waals surface area (Å²) in [6.45, 7) is 1.68. The summed E-state index contributed by atoms with van der Waals surface area (Å²) in [5.74, 6) is -0.326. The summed E-state index contributed by atoms with van der Waals surface area (Å²) in [4.78, 5) is 11.7. The van der Waals surface area contributed by atoms with Crippen molar-refractivity contribution in [3.63, 3.8) is 0 Å². The van der Waals surface area contributed by atoms with Gasteiger partial charge in [0.05, 0.1) is 11.3 Å². The maximum absolute atomic E-state index is 11.7. The normalized spacial score (nSPS) is 10.5. The highest BCUT2D eigenvalue weighted by Crippen LogP contribution is 2.09. The van der Waals surface area contributed by atoms with E-state index in [9.17, 15) is 13.2 Å². The molecule has 102 valence electrons. The molecule has 0 heterocycles. The van der Waals surface area contributed by atoms with Crippen molar-refractivity contribution < 1.29 is 13.2 Å². The second-order valence-corrected chi connectivity index (χ2v) is 6.05. The van der Waals surface area contributed by atoms with Crippen LogP contribution < -0.4 is 11.1 Å². The molecule has 0 atom stereocenters. The average Bonchev–Trinajstić information content (AvgIpc) is 2.29. The van der Waals surface area contributed by atoms with E-state index in [0.717, 1.165) is 0 Å². The van der Waals surface area contributed by atoms with Gasteiger partial charge in [0.1, 0.15) is 0 Å². The summed E-state index contributed by atoms with van der Waals surface area (Å²) in [6, 6.07) is 6.65. The Balaban J connectivity index is 0.00000289. The number of nitrogen functional groups attached to an aromatic ring is 1. The number of carbonyl (C=O) groups excluding carboxylic acids is 1. The van der Waals surface area contributed by atoms with Crippen LogP contribution in [0.15, 0.2) is 24.3 Å². The number of para-hydroxylation sites is 1. The van der Waals surface area contributed by atoms with E-state index in [0.29, 0.717) is 11.3 Å². The van der Waals surface area contributed by atoms with Crippen LogP contribution in [0.25, 0.3) is 0 Å². The van der Waals surface area contributed by atoms with Crippen molar-refractivity contribution in [2.24, 2.45) is 0 Å². The molecule has 7 heteroatoms. The highest BCUT2D eigenvalue weighted by atomic mass is 35.5. The van der Waals surface area contributed by atoms with E-state index in [-0.39, 0.29) is 36.4 Å². The molecule has 0 unspecified atom stereocenters. The van der Waals surface area contributed by atoms with Gasteiger partial charge in [0.25, 0.3) is 5.91 Å². The number of sulfone groups is 1. The molecule has 1 aromatic rings. The molecule has 5 nitrogen and oxygen atoms in total. The second-order valence-electron chi connectivity index (χ2n) is 3.58. The fraction of sp³-hybridized carbons (Fsp3) is 0.364. The zero-order valence-electron chi connectivity index (χ0n) is 10.0. The third-order valence-electron chi connectivity index (χ3n) is 2.34. The number of carbonyl (C=O) groups is 1. The van der Waals surface area contributed by atoms with Crippen LogP contribution in [0.5, 0.6) is 0 Å². The third-order valence-corrected chi connectivity index (χ3v) is 4.05.